The van der Waals surface area contributed by atoms with E-state index in [4.69, 9.17) is 5.11 Å². The van der Waals surface area contributed by atoms with Gasteiger partial charge in [0.2, 0.25) is 0 Å². The van der Waals surface area contributed by atoms with Crippen molar-refractivity contribution in [1.29, 1.82) is 0 Å². The summed E-state index contributed by atoms with van der Waals surface area (Å²) in [5.74, 6) is 0.0438. The number of β-amino-alcohol motifs (C(OH)–C–C–N with tert-alkyl or cyclic N) is 2. The number of piperazine rings is 1. The van der Waals surface area contributed by atoms with E-state index in [0.717, 1.165) is 61.3 Å². The number of hydrogen-bond donors (Lipinski definition) is 2. The number of likely N-dealkylation sites (N-methyl/N-ethyl adjacent to an activating group) is 1. The molecule has 1 atom stereocenters. The number of aliphatic hydroxyl groups is 2. The van der Waals surface area contributed by atoms with Gasteiger partial charge in [-0.1, -0.05) is 18.2 Å². The number of aromatic nitrogens is 1. The summed E-state index contributed by atoms with van der Waals surface area (Å²) in [7, 11) is 1.84. The molecule has 9 heteroatoms. The van der Waals surface area contributed by atoms with Gasteiger partial charge >= 0.3 is 0 Å². The number of amides is 1. The maximum absolute atomic E-state index is 12.9. The Kier molecular flexibility index (Phi) is 8.97. The van der Waals surface area contributed by atoms with E-state index in [0.29, 0.717) is 19.6 Å². The molecule has 1 unspecified atom stereocenters. The number of halogens is 2. The average molecular weight is 459 g/mol. The third-order valence-corrected chi connectivity index (χ3v) is 6.07. The molecule has 0 spiro atoms. The molecule has 7 nitrogen and oxygen atoms in total. The Labute approximate surface area is 190 Å². The van der Waals surface area contributed by atoms with Crippen LogP contribution < -0.4 is 0 Å². The van der Waals surface area contributed by atoms with E-state index in [2.05, 4.69) is 15.9 Å². The average Bonchev–Trinajstić information content (AvgIpc) is 3.01. The second kappa shape index (κ2) is 10.8. The van der Waals surface area contributed by atoms with Gasteiger partial charge in [-0.2, -0.15) is 0 Å². The molecule has 0 aliphatic carbocycles. The molecule has 2 aliphatic rings. The minimum Gasteiger partial charge on any atom is -0.395 e. The largest absolute Gasteiger partial charge is 0.395 e. The van der Waals surface area contributed by atoms with Crippen LogP contribution in [0, 0.1) is 0 Å². The highest BCUT2D eigenvalue weighted by Gasteiger charge is 2.30. The molecular formula is C21H32Cl2N4O3. The number of hydrogen-bond acceptors (Lipinski definition) is 5. The summed E-state index contributed by atoms with van der Waals surface area (Å²) in [6, 6.07) is 8.13. The molecule has 1 amide bonds. The zero-order valence-electron chi connectivity index (χ0n) is 17.4. The maximum atomic E-state index is 12.9. The summed E-state index contributed by atoms with van der Waals surface area (Å²) >= 11 is 0. The first-order chi connectivity index (χ1) is 13.6. The van der Waals surface area contributed by atoms with Crippen LogP contribution in [0.1, 0.15) is 16.1 Å². The monoisotopic (exact) mass is 458 g/mol. The van der Waals surface area contributed by atoms with Crippen molar-refractivity contribution in [3.8, 4) is 0 Å². The summed E-state index contributed by atoms with van der Waals surface area (Å²) in [5.41, 5.74) is 2.88. The minimum absolute atomic E-state index is 0. The van der Waals surface area contributed by atoms with Crippen molar-refractivity contribution in [1.82, 2.24) is 19.3 Å². The zero-order valence-corrected chi connectivity index (χ0v) is 19.0. The lowest BCUT2D eigenvalue weighted by Crippen LogP contribution is -2.49. The van der Waals surface area contributed by atoms with E-state index in [1.807, 2.05) is 29.8 Å². The number of nitrogens with zero attached hydrogens (tertiary/aromatic N) is 4. The minimum atomic E-state index is -0.538. The van der Waals surface area contributed by atoms with E-state index >= 15 is 0 Å². The molecule has 0 bridgehead atoms. The predicted molar refractivity (Wildman–Crippen MR) is 123 cm³/mol. The maximum Gasteiger partial charge on any atom is 0.270 e. The summed E-state index contributed by atoms with van der Waals surface area (Å²) in [6.07, 6.45) is 0.318. The van der Waals surface area contributed by atoms with Gasteiger partial charge < -0.3 is 19.7 Å². The van der Waals surface area contributed by atoms with Crippen LogP contribution in [0.2, 0.25) is 0 Å². The van der Waals surface area contributed by atoms with Crippen molar-refractivity contribution in [2.75, 3.05) is 59.5 Å². The lowest BCUT2D eigenvalue weighted by molar-refractivity contribution is 0.0582. The second-order valence-electron chi connectivity index (χ2n) is 7.95. The number of aliphatic hydroxyl groups excluding tert-OH is 2. The predicted octanol–water partition coefficient (Wildman–Crippen LogP) is 1.08. The zero-order chi connectivity index (χ0) is 19.7. The molecule has 2 N–H and O–H groups in total. The van der Waals surface area contributed by atoms with E-state index in [1.54, 1.807) is 4.90 Å². The number of carbonyl (C=O) groups excluding carboxylic acids is 1. The molecule has 1 aromatic heterocycles. The van der Waals surface area contributed by atoms with Gasteiger partial charge in [0.1, 0.15) is 5.69 Å². The first kappa shape index (κ1) is 24.9. The highest BCUT2D eigenvalue weighted by molar-refractivity contribution is 6.02. The molecule has 4 rings (SSSR count). The lowest BCUT2D eigenvalue weighted by Gasteiger charge is -2.35. The van der Waals surface area contributed by atoms with Gasteiger partial charge in [-0.05, 0) is 18.1 Å². The van der Waals surface area contributed by atoms with Gasteiger partial charge in [-0.25, -0.2) is 0 Å². The quantitative estimate of drug-likeness (QED) is 0.677. The van der Waals surface area contributed by atoms with Crippen LogP contribution in [-0.2, 0) is 13.0 Å². The number of benzene rings is 1. The Morgan fingerprint density at radius 2 is 1.67 bits per heavy atom. The van der Waals surface area contributed by atoms with E-state index in [1.165, 1.54) is 0 Å². The summed E-state index contributed by atoms with van der Waals surface area (Å²) < 4.78 is 2.02. The smallest absolute Gasteiger partial charge is 0.270 e. The van der Waals surface area contributed by atoms with Gasteiger partial charge in [0.05, 0.1) is 19.3 Å². The summed E-state index contributed by atoms with van der Waals surface area (Å²) in [4.78, 5) is 19.1. The summed E-state index contributed by atoms with van der Waals surface area (Å²) in [5, 5.41) is 21.0. The first-order valence-corrected chi connectivity index (χ1v) is 10.2. The molecule has 2 aliphatic heterocycles. The molecule has 3 heterocycles. The number of fused-ring (bicyclic) bond motifs is 3. The number of carbonyl (C=O) groups is 1. The summed E-state index contributed by atoms with van der Waals surface area (Å²) in [6.45, 7) is 6.28. The molecular weight excluding hydrogens is 427 g/mol. The Bertz CT molecular complexity index is 852. The molecule has 0 saturated carbocycles. The van der Waals surface area contributed by atoms with Crippen molar-refractivity contribution in [3.63, 3.8) is 0 Å². The van der Waals surface area contributed by atoms with Crippen LogP contribution in [0.5, 0.6) is 0 Å². The molecule has 1 saturated heterocycles. The fraction of sp³-hybridized carbons (Fsp3) is 0.571. The third kappa shape index (κ3) is 4.93. The molecule has 0 radical (unpaired) electrons. The normalized spacial score (nSPS) is 18.6. The van der Waals surface area contributed by atoms with E-state index in [9.17, 15) is 9.90 Å². The first-order valence-electron chi connectivity index (χ1n) is 10.2. The van der Waals surface area contributed by atoms with Crippen molar-refractivity contribution in [2.24, 2.45) is 0 Å². The van der Waals surface area contributed by atoms with Gasteiger partial charge in [0.15, 0.2) is 0 Å². The van der Waals surface area contributed by atoms with Gasteiger partial charge in [0, 0.05) is 63.8 Å². The third-order valence-electron chi connectivity index (χ3n) is 6.07. The Morgan fingerprint density at radius 1 is 1.00 bits per heavy atom. The van der Waals surface area contributed by atoms with Crippen molar-refractivity contribution < 1.29 is 15.0 Å². The molecule has 1 fully saturated rings. The van der Waals surface area contributed by atoms with Crippen molar-refractivity contribution >= 4 is 41.6 Å². The Morgan fingerprint density at radius 3 is 2.37 bits per heavy atom. The second-order valence-corrected chi connectivity index (χ2v) is 7.95. The van der Waals surface area contributed by atoms with Crippen LogP contribution in [0.15, 0.2) is 24.3 Å². The van der Waals surface area contributed by atoms with Crippen LogP contribution in [-0.4, -0.2) is 101 Å². The van der Waals surface area contributed by atoms with Gasteiger partial charge in [-0.3, -0.25) is 14.6 Å². The standard InChI is InChI=1S/C21H30N4O3.2ClH/c1-22-7-6-18-17-4-2-3-5-19(17)25(20(18)21(22)28)15-16(27)14-24-10-8-23(9-11-24)12-13-26;;/h2-5,16,26-27H,6-15H2,1H3;2*1H. The topological polar surface area (TPSA) is 72.2 Å². The molecule has 1 aromatic carbocycles. The number of rotatable bonds is 6. The van der Waals surface area contributed by atoms with Crippen LogP contribution in [0.25, 0.3) is 10.9 Å². The molecule has 168 valence electrons. The van der Waals surface area contributed by atoms with Crippen molar-refractivity contribution in [2.45, 2.75) is 19.1 Å². The van der Waals surface area contributed by atoms with Crippen LogP contribution in [0.4, 0.5) is 0 Å². The van der Waals surface area contributed by atoms with E-state index in [-0.39, 0.29) is 37.3 Å². The van der Waals surface area contributed by atoms with Gasteiger partial charge in [-0.15, -0.1) is 24.8 Å². The fourth-order valence-corrected chi connectivity index (χ4v) is 4.53. The van der Waals surface area contributed by atoms with E-state index < -0.39 is 6.10 Å². The molecule has 2 aromatic rings. The lowest BCUT2D eigenvalue weighted by atomic mass is 10.0. The molecule has 30 heavy (non-hydrogen) atoms. The fourth-order valence-electron chi connectivity index (χ4n) is 4.53. The SMILES string of the molecule is CN1CCc2c(n(CC(O)CN3CCN(CCO)CC3)c3ccccc23)C1=O.Cl.Cl. The highest BCUT2D eigenvalue weighted by Crippen LogP contribution is 2.30. The van der Waals surface area contributed by atoms with Gasteiger partial charge in [0.25, 0.3) is 5.91 Å². The van der Waals surface area contributed by atoms with Crippen LogP contribution in [0.3, 0.4) is 0 Å². The van der Waals surface area contributed by atoms with Crippen LogP contribution >= 0.6 is 24.8 Å². The van der Waals surface area contributed by atoms with Crippen molar-refractivity contribution in [3.05, 3.63) is 35.5 Å². The highest BCUT2D eigenvalue weighted by atomic mass is 35.5. The Hall–Kier alpha value is -1.35. The number of para-hydroxylation sites is 1. The Balaban J connectivity index is 0.00000160.